The van der Waals surface area contributed by atoms with Crippen LogP contribution < -0.4 is 5.73 Å². The monoisotopic (exact) mass is 163 g/mol. The molecule has 12 heavy (non-hydrogen) atoms. The number of hydrogen-bond acceptors (Lipinski definition) is 4. The molecular formula is C8H9N3O. The first-order valence-corrected chi connectivity index (χ1v) is 3.73. The highest BCUT2D eigenvalue weighted by atomic mass is 16.3. The molecule has 62 valence electrons. The van der Waals surface area contributed by atoms with Crippen LogP contribution in [-0.2, 0) is 0 Å². The summed E-state index contributed by atoms with van der Waals surface area (Å²) in [5, 5.41) is 0. The zero-order chi connectivity index (χ0) is 8.55. The molecule has 0 saturated carbocycles. The van der Waals surface area contributed by atoms with Crippen LogP contribution in [0.3, 0.4) is 0 Å². The molecule has 1 atom stereocenters. The van der Waals surface area contributed by atoms with Gasteiger partial charge in [-0.15, -0.1) is 0 Å². The maximum absolute atomic E-state index is 5.62. The average molecular weight is 163 g/mol. The van der Waals surface area contributed by atoms with Gasteiger partial charge in [-0.25, -0.2) is 9.97 Å². The summed E-state index contributed by atoms with van der Waals surface area (Å²) in [7, 11) is 0. The quantitative estimate of drug-likeness (QED) is 0.686. The molecule has 4 nitrogen and oxygen atoms in total. The van der Waals surface area contributed by atoms with E-state index in [1.54, 1.807) is 18.5 Å². The van der Waals surface area contributed by atoms with Crippen molar-refractivity contribution in [2.75, 3.05) is 0 Å². The molecule has 0 spiro atoms. The van der Waals surface area contributed by atoms with Gasteiger partial charge in [0, 0.05) is 6.07 Å². The Balaban J connectivity index is 2.60. The van der Waals surface area contributed by atoms with Gasteiger partial charge in [-0.1, -0.05) is 0 Å². The predicted octanol–water partition coefficient (Wildman–Crippen LogP) is 1.24. The zero-order valence-electron chi connectivity index (χ0n) is 6.69. The highest BCUT2D eigenvalue weighted by molar-refractivity contribution is 5.70. The number of nitrogens with two attached hydrogens (primary N) is 1. The third kappa shape index (κ3) is 1.06. The number of hydrogen-bond donors (Lipinski definition) is 1. The average Bonchev–Trinajstić information content (AvgIpc) is 2.49. The Hall–Kier alpha value is -1.42. The van der Waals surface area contributed by atoms with Crippen LogP contribution in [0.5, 0.6) is 0 Å². The van der Waals surface area contributed by atoms with Gasteiger partial charge in [-0.3, -0.25) is 0 Å². The summed E-state index contributed by atoms with van der Waals surface area (Å²) in [4.78, 5) is 8.25. The van der Waals surface area contributed by atoms with Crippen LogP contribution in [0, 0.1) is 0 Å². The summed E-state index contributed by atoms with van der Waals surface area (Å²) in [6.45, 7) is 1.85. The third-order valence-corrected chi connectivity index (χ3v) is 1.63. The van der Waals surface area contributed by atoms with Crippen molar-refractivity contribution in [3.05, 3.63) is 24.4 Å². The van der Waals surface area contributed by atoms with E-state index in [0.717, 1.165) is 5.52 Å². The van der Waals surface area contributed by atoms with Gasteiger partial charge in [0.05, 0.1) is 18.5 Å². The van der Waals surface area contributed by atoms with E-state index in [-0.39, 0.29) is 6.04 Å². The normalized spacial score (nSPS) is 13.5. The molecule has 0 bridgehead atoms. The molecule has 4 heteroatoms. The van der Waals surface area contributed by atoms with Crippen LogP contribution in [0.15, 0.2) is 22.9 Å². The van der Waals surface area contributed by atoms with Crippen LogP contribution in [0.1, 0.15) is 18.8 Å². The van der Waals surface area contributed by atoms with Gasteiger partial charge in [0.15, 0.2) is 5.58 Å². The van der Waals surface area contributed by atoms with Gasteiger partial charge < -0.3 is 10.2 Å². The standard InChI is InChI=1S/C8H9N3O/c1-5(9)8-10-4-7-6(11-8)2-3-12-7/h2-5H,9H2,1H3. The summed E-state index contributed by atoms with van der Waals surface area (Å²) in [5.74, 6) is 0.643. The Morgan fingerprint density at radius 3 is 3.17 bits per heavy atom. The van der Waals surface area contributed by atoms with Crippen LogP contribution in [0.4, 0.5) is 0 Å². The van der Waals surface area contributed by atoms with E-state index in [1.807, 2.05) is 6.92 Å². The molecule has 2 N–H and O–H groups in total. The van der Waals surface area contributed by atoms with Gasteiger partial charge in [0.1, 0.15) is 11.3 Å². The number of rotatable bonds is 1. The summed E-state index contributed by atoms with van der Waals surface area (Å²) in [6.07, 6.45) is 3.23. The lowest BCUT2D eigenvalue weighted by Crippen LogP contribution is -2.09. The van der Waals surface area contributed by atoms with Crippen molar-refractivity contribution in [3.8, 4) is 0 Å². The fraction of sp³-hybridized carbons (Fsp3) is 0.250. The largest absolute Gasteiger partial charge is 0.461 e. The molecule has 0 aliphatic carbocycles. The Bertz CT molecular complexity index is 394. The molecule has 2 aromatic heterocycles. The molecule has 0 amide bonds. The van der Waals surface area contributed by atoms with Gasteiger partial charge in [0.2, 0.25) is 0 Å². The van der Waals surface area contributed by atoms with E-state index in [1.165, 1.54) is 0 Å². The molecule has 2 aromatic rings. The lowest BCUT2D eigenvalue weighted by molar-refractivity contribution is 0.611. The van der Waals surface area contributed by atoms with E-state index in [4.69, 9.17) is 10.2 Å². The molecule has 0 radical (unpaired) electrons. The molecule has 0 aliphatic rings. The molecule has 2 heterocycles. The van der Waals surface area contributed by atoms with Crippen molar-refractivity contribution in [2.24, 2.45) is 5.73 Å². The van der Waals surface area contributed by atoms with E-state index in [2.05, 4.69) is 9.97 Å². The topological polar surface area (TPSA) is 64.9 Å². The van der Waals surface area contributed by atoms with E-state index in [0.29, 0.717) is 11.4 Å². The van der Waals surface area contributed by atoms with Gasteiger partial charge in [-0.05, 0) is 6.92 Å². The van der Waals surface area contributed by atoms with E-state index in [9.17, 15) is 0 Å². The number of fused-ring (bicyclic) bond motifs is 1. The Morgan fingerprint density at radius 2 is 2.42 bits per heavy atom. The highest BCUT2D eigenvalue weighted by Gasteiger charge is 2.04. The molecule has 2 rings (SSSR count). The van der Waals surface area contributed by atoms with Crippen molar-refractivity contribution >= 4 is 11.1 Å². The third-order valence-electron chi connectivity index (χ3n) is 1.63. The second-order valence-corrected chi connectivity index (χ2v) is 2.69. The van der Waals surface area contributed by atoms with E-state index < -0.39 is 0 Å². The molecule has 0 aromatic carbocycles. The van der Waals surface area contributed by atoms with Crippen LogP contribution in [0.2, 0.25) is 0 Å². The first-order chi connectivity index (χ1) is 5.77. The Labute approximate surface area is 69.4 Å². The Morgan fingerprint density at radius 1 is 1.58 bits per heavy atom. The molecule has 0 aliphatic heterocycles. The van der Waals surface area contributed by atoms with Gasteiger partial charge in [-0.2, -0.15) is 0 Å². The van der Waals surface area contributed by atoms with Crippen LogP contribution >= 0.6 is 0 Å². The lowest BCUT2D eigenvalue weighted by Gasteiger charge is -2.00. The SMILES string of the molecule is CC(N)c1ncc2occc2n1. The summed E-state index contributed by atoms with van der Waals surface area (Å²) < 4.78 is 5.09. The summed E-state index contributed by atoms with van der Waals surface area (Å²) in [5.41, 5.74) is 7.11. The lowest BCUT2D eigenvalue weighted by atomic mass is 10.3. The number of furan rings is 1. The smallest absolute Gasteiger partial charge is 0.170 e. The summed E-state index contributed by atoms with van der Waals surface area (Å²) >= 11 is 0. The first-order valence-electron chi connectivity index (χ1n) is 3.73. The first kappa shape index (κ1) is 7.24. The maximum Gasteiger partial charge on any atom is 0.170 e. The number of nitrogens with zero attached hydrogens (tertiary/aromatic N) is 2. The van der Waals surface area contributed by atoms with E-state index >= 15 is 0 Å². The van der Waals surface area contributed by atoms with Gasteiger partial charge in [0.25, 0.3) is 0 Å². The second kappa shape index (κ2) is 2.57. The fourth-order valence-electron chi connectivity index (χ4n) is 1.000. The van der Waals surface area contributed by atoms with Crippen molar-refractivity contribution in [3.63, 3.8) is 0 Å². The van der Waals surface area contributed by atoms with Crippen molar-refractivity contribution in [2.45, 2.75) is 13.0 Å². The zero-order valence-corrected chi connectivity index (χ0v) is 6.69. The van der Waals surface area contributed by atoms with Gasteiger partial charge >= 0.3 is 0 Å². The second-order valence-electron chi connectivity index (χ2n) is 2.69. The molecule has 0 saturated heterocycles. The van der Waals surface area contributed by atoms with Crippen LogP contribution in [-0.4, -0.2) is 9.97 Å². The highest BCUT2D eigenvalue weighted by Crippen LogP contribution is 2.13. The molecule has 0 fully saturated rings. The summed E-state index contributed by atoms with van der Waals surface area (Å²) in [6, 6.07) is 1.66. The Kier molecular flexibility index (Phi) is 1.55. The minimum Gasteiger partial charge on any atom is -0.461 e. The van der Waals surface area contributed by atoms with Crippen molar-refractivity contribution in [1.29, 1.82) is 0 Å². The van der Waals surface area contributed by atoms with Crippen molar-refractivity contribution < 1.29 is 4.42 Å². The minimum absolute atomic E-state index is 0.135. The fourth-order valence-corrected chi connectivity index (χ4v) is 1.000. The molecular weight excluding hydrogens is 154 g/mol. The minimum atomic E-state index is -0.135. The maximum atomic E-state index is 5.62. The van der Waals surface area contributed by atoms with Crippen molar-refractivity contribution in [1.82, 2.24) is 9.97 Å². The van der Waals surface area contributed by atoms with Crippen LogP contribution in [0.25, 0.3) is 11.1 Å². The number of aromatic nitrogens is 2. The molecule has 1 unspecified atom stereocenters. The predicted molar refractivity (Wildman–Crippen MR) is 44.4 cm³/mol.